The average molecular weight is 330 g/mol. The molecule has 0 spiro atoms. The molecular weight excluding hydrogens is 319 g/mol. The molecule has 104 valence electrons. The van der Waals surface area contributed by atoms with Crippen LogP contribution in [0.1, 0.15) is 21.5 Å². The molecule has 2 aromatic rings. The second-order valence-corrected chi connectivity index (χ2v) is 5.22. The number of aryl methyl sites for hydroxylation is 1. The van der Waals surface area contributed by atoms with Crippen LogP contribution in [0.15, 0.2) is 30.3 Å². The van der Waals surface area contributed by atoms with Gasteiger partial charge in [0.05, 0.1) is 5.69 Å². The van der Waals surface area contributed by atoms with E-state index < -0.39 is 0 Å². The van der Waals surface area contributed by atoms with E-state index in [2.05, 4.69) is 10.3 Å². The van der Waals surface area contributed by atoms with Gasteiger partial charge in [-0.15, -0.1) is 11.6 Å². The molecule has 0 aliphatic carbocycles. The van der Waals surface area contributed by atoms with Crippen LogP contribution < -0.4 is 5.32 Å². The van der Waals surface area contributed by atoms with Crippen molar-refractivity contribution < 1.29 is 4.79 Å². The Labute approximate surface area is 131 Å². The first kappa shape index (κ1) is 15.1. The molecule has 0 saturated carbocycles. The number of carbonyl (C=O) groups is 1. The van der Waals surface area contributed by atoms with Gasteiger partial charge in [-0.25, -0.2) is 4.98 Å². The number of anilines is 1. The minimum absolute atomic E-state index is 0.167. The summed E-state index contributed by atoms with van der Waals surface area (Å²) < 4.78 is 0. The van der Waals surface area contributed by atoms with E-state index in [0.717, 1.165) is 11.1 Å². The van der Waals surface area contributed by atoms with Crippen LogP contribution in [-0.2, 0) is 5.88 Å². The third-order valence-electron chi connectivity index (χ3n) is 2.75. The number of hydrogen-bond donors (Lipinski definition) is 1. The van der Waals surface area contributed by atoms with Gasteiger partial charge in [0.25, 0.3) is 5.91 Å². The lowest BCUT2D eigenvalue weighted by Gasteiger charge is -2.10. The Balaban J connectivity index is 2.23. The molecule has 0 aliphatic heterocycles. The number of rotatable bonds is 3. The number of nitrogens with zero attached hydrogens (tertiary/aromatic N) is 1. The first-order valence-corrected chi connectivity index (χ1v) is 7.09. The Hall–Kier alpha value is -1.29. The maximum absolute atomic E-state index is 12.1. The quantitative estimate of drug-likeness (QED) is 0.656. The maximum Gasteiger partial charge on any atom is 0.255 e. The van der Waals surface area contributed by atoms with Gasteiger partial charge < -0.3 is 5.32 Å². The van der Waals surface area contributed by atoms with Crippen LogP contribution in [0, 0.1) is 6.92 Å². The largest absolute Gasteiger partial charge is 0.319 e. The van der Waals surface area contributed by atoms with Crippen LogP contribution in [0.3, 0.4) is 0 Å². The van der Waals surface area contributed by atoms with Gasteiger partial charge in [0.1, 0.15) is 5.15 Å². The summed E-state index contributed by atoms with van der Waals surface area (Å²) in [5.41, 5.74) is 2.68. The van der Waals surface area contributed by atoms with Crippen molar-refractivity contribution in [3.63, 3.8) is 0 Å². The first-order valence-electron chi connectivity index (χ1n) is 5.80. The normalized spacial score (nSPS) is 10.4. The van der Waals surface area contributed by atoms with E-state index in [-0.39, 0.29) is 16.2 Å². The predicted octanol–water partition coefficient (Wildman–Crippen LogP) is 4.69. The molecule has 2 rings (SSSR count). The highest BCUT2D eigenvalue weighted by molar-refractivity contribution is 6.35. The van der Waals surface area contributed by atoms with E-state index >= 15 is 0 Å². The second kappa shape index (κ2) is 6.44. The monoisotopic (exact) mass is 328 g/mol. The molecule has 0 saturated heterocycles. The van der Waals surface area contributed by atoms with Crippen molar-refractivity contribution in [2.24, 2.45) is 0 Å². The molecule has 0 radical (unpaired) electrons. The van der Waals surface area contributed by atoms with E-state index in [1.807, 2.05) is 0 Å². The van der Waals surface area contributed by atoms with Gasteiger partial charge in [-0.1, -0.05) is 35.3 Å². The molecule has 6 heteroatoms. The molecular formula is C14H11Cl3N2O. The summed E-state index contributed by atoms with van der Waals surface area (Å²) in [6.07, 6.45) is 0. The second-order valence-electron chi connectivity index (χ2n) is 4.21. The van der Waals surface area contributed by atoms with Crippen molar-refractivity contribution in [2.75, 3.05) is 5.32 Å². The third-order valence-corrected chi connectivity index (χ3v) is 3.53. The maximum atomic E-state index is 12.1. The van der Waals surface area contributed by atoms with E-state index in [4.69, 9.17) is 34.8 Å². The number of alkyl halides is 1. The van der Waals surface area contributed by atoms with Crippen LogP contribution >= 0.6 is 34.8 Å². The summed E-state index contributed by atoms with van der Waals surface area (Å²) in [5, 5.41) is 3.19. The predicted molar refractivity (Wildman–Crippen MR) is 82.9 cm³/mol. The zero-order valence-electron chi connectivity index (χ0n) is 10.6. The fourth-order valence-corrected chi connectivity index (χ4v) is 2.43. The van der Waals surface area contributed by atoms with Crippen molar-refractivity contribution in [1.29, 1.82) is 0 Å². The SMILES string of the molecule is Cc1cc(Cl)nc(Cl)c1NC(=O)c1ccc(CCl)cc1. The average Bonchev–Trinajstić information content (AvgIpc) is 2.42. The topological polar surface area (TPSA) is 42.0 Å². The summed E-state index contributed by atoms with van der Waals surface area (Å²) >= 11 is 17.5. The van der Waals surface area contributed by atoms with Crippen molar-refractivity contribution in [3.8, 4) is 0 Å². The highest BCUT2D eigenvalue weighted by Gasteiger charge is 2.12. The zero-order valence-corrected chi connectivity index (χ0v) is 12.9. The van der Waals surface area contributed by atoms with Crippen LogP contribution in [0.5, 0.6) is 0 Å². The van der Waals surface area contributed by atoms with Gasteiger partial charge >= 0.3 is 0 Å². The molecule has 20 heavy (non-hydrogen) atoms. The molecule has 0 aliphatic rings. The van der Waals surface area contributed by atoms with Crippen molar-refractivity contribution in [2.45, 2.75) is 12.8 Å². The highest BCUT2D eigenvalue weighted by atomic mass is 35.5. The lowest BCUT2D eigenvalue weighted by molar-refractivity contribution is 0.102. The molecule has 0 bridgehead atoms. The van der Waals surface area contributed by atoms with E-state index in [1.165, 1.54) is 0 Å². The highest BCUT2D eigenvalue weighted by Crippen LogP contribution is 2.26. The number of aromatic nitrogens is 1. The number of carbonyl (C=O) groups excluding carboxylic acids is 1. The number of benzene rings is 1. The van der Waals surface area contributed by atoms with E-state index in [1.54, 1.807) is 37.3 Å². The minimum atomic E-state index is -0.264. The van der Waals surface area contributed by atoms with Crippen molar-refractivity contribution in [1.82, 2.24) is 4.98 Å². The number of pyridine rings is 1. The van der Waals surface area contributed by atoms with Crippen LogP contribution in [0.25, 0.3) is 0 Å². The van der Waals surface area contributed by atoms with Gasteiger partial charge in [-0.3, -0.25) is 4.79 Å². The number of hydrogen-bond acceptors (Lipinski definition) is 2. The molecule has 1 aromatic heterocycles. The first-order chi connectivity index (χ1) is 9.51. The van der Waals surface area contributed by atoms with Crippen LogP contribution in [0.2, 0.25) is 10.3 Å². The molecule has 0 unspecified atom stereocenters. The molecule has 3 nitrogen and oxygen atoms in total. The molecule has 1 N–H and O–H groups in total. The zero-order chi connectivity index (χ0) is 14.7. The van der Waals surface area contributed by atoms with Crippen molar-refractivity contribution in [3.05, 3.63) is 57.3 Å². The standard InChI is InChI=1S/C14H11Cl3N2O/c1-8-6-11(16)18-13(17)12(8)19-14(20)10-4-2-9(7-15)3-5-10/h2-6H,7H2,1H3,(H,19,20). The summed E-state index contributed by atoms with van der Waals surface area (Å²) in [4.78, 5) is 16.0. The smallest absolute Gasteiger partial charge is 0.255 e. The van der Waals surface area contributed by atoms with E-state index in [9.17, 15) is 4.79 Å². The van der Waals surface area contributed by atoms with Gasteiger partial charge in [0.15, 0.2) is 5.15 Å². The van der Waals surface area contributed by atoms with Gasteiger partial charge in [-0.2, -0.15) is 0 Å². The van der Waals surface area contributed by atoms with Crippen LogP contribution in [0.4, 0.5) is 5.69 Å². The fourth-order valence-electron chi connectivity index (χ4n) is 1.68. The minimum Gasteiger partial charge on any atom is -0.319 e. The Morgan fingerprint density at radius 3 is 2.45 bits per heavy atom. The summed E-state index contributed by atoms with van der Waals surface area (Å²) in [6.45, 7) is 1.80. The molecule has 1 amide bonds. The lowest BCUT2D eigenvalue weighted by Crippen LogP contribution is -2.13. The molecule has 1 heterocycles. The van der Waals surface area contributed by atoms with Crippen LogP contribution in [-0.4, -0.2) is 10.9 Å². The Morgan fingerprint density at radius 2 is 1.90 bits per heavy atom. The fraction of sp³-hybridized carbons (Fsp3) is 0.143. The number of amides is 1. The summed E-state index contributed by atoms with van der Waals surface area (Å²) in [5.74, 6) is 0.147. The number of nitrogens with one attached hydrogen (secondary N) is 1. The lowest BCUT2D eigenvalue weighted by atomic mass is 10.1. The Kier molecular flexibility index (Phi) is 4.86. The van der Waals surface area contributed by atoms with Gasteiger partial charge in [0.2, 0.25) is 0 Å². The Morgan fingerprint density at radius 1 is 1.25 bits per heavy atom. The van der Waals surface area contributed by atoms with E-state index in [0.29, 0.717) is 17.1 Å². The third kappa shape index (κ3) is 3.42. The Bertz CT molecular complexity index is 618. The molecule has 0 atom stereocenters. The van der Waals surface area contributed by atoms with Crippen molar-refractivity contribution >= 4 is 46.4 Å². The molecule has 1 aromatic carbocycles. The van der Waals surface area contributed by atoms with Gasteiger partial charge in [0, 0.05) is 11.4 Å². The molecule has 0 fully saturated rings. The van der Waals surface area contributed by atoms with Gasteiger partial charge in [-0.05, 0) is 36.2 Å². The summed E-state index contributed by atoms with van der Waals surface area (Å²) in [6, 6.07) is 8.66. The summed E-state index contributed by atoms with van der Waals surface area (Å²) in [7, 11) is 0. The number of halogens is 3.